The third-order valence-corrected chi connectivity index (χ3v) is 5.46. The average molecular weight is 356 g/mol. The SMILES string of the molecule is Cc1occc1C(=O)N1CCC2(CC1)C[C@@H](OCc1ccncc1)CO2. The molecule has 6 nitrogen and oxygen atoms in total. The van der Waals surface area contributed by atoms with Crippen LogP contribution in [0.1, 0.15) is 40.9 Å². The summed E-state index contributed by atoms with van der Waals surface area (Å²) in [5.74, 6) is 0.728. The molecule has 0 radical (unpaired) electrons. The molecule has 0 bridgehead atoms. The molecule has 0 aliphatic carbocycles. The van der Waals surface area contributed by atoms with Gasteiger partial charge in [0.15, 0.2) is 0 Å². The quantitative estimate of drug-likeness (QED) is 0.843. The molecule has 1 atom stereocenters. The van der Waals surface area contributed by atoms with Gasteiger partial charge in [-0.1, -0.05) is 0 Å². The lowest BCUT2D eigenvalue weighted by molar-refractivity contribution is -0.0412. The van der Waals surface area contributed by atoms with Crippen LogP contribution in [-0.2, 0) is 16.1 Å². The number of likely N-dealkylation sites (tertiary alicyclic amines) is 1. The van der Waals surface area contributed by atoms with Crippen molar-refractivity contribution in [2.45, 2.75) is 44.5 Å². The van der Waals surface area contributed by atoms with E-state index in [2.05, 4.69) is 4.98 Å². The lowest BCUT2D eigenvalue weighted by Crippen LogP contribution is -2.46. The molecule has 0 aromatic carbocycles. The van der Waals surface area contributed by atoms with Gasteiger partial charge in [0.1, 0.15) is 5.76 Å². The Kier molecular flexibility index (Phi) is 4.78. The standard InChI is InChI=1S/C20H24N2O4/c1-15-18(4-11-24-15)19(23)22-9-5-20(6-10-22)12-17(14-26-20)25-13-16-2-7-21-8-3-16/h2-4,7-8,11,17H,5-6,9-10,12-14H2,1H3/t17-/m1/s1. The molecular weight excluding hydrogens is 332 g/mol. The van der Waals surface area contributed by atoms with Crippen LogP contribution in [-0.4, -0.2) is 47.2 Å². The maximum atomic E-state index is 12.6. The lowest BCUT2D eigenvalue weighted by atomic mass is 9.87. The largest absolute Gasteiger partial charge is 0.469 e. The molecule has 1 amide bonds. The van der Waals surface area contributed by atoms with Gasteiger partial charge in [-0.25, -0.2) is 0 Å². The predicted molar refractivity (Wildman–Crippen MR) is 94.7 cm³/mol. The van der Waals surface area contributed by atoms with Gasteiger partial charge in [-0.05, 0) is 43.5 Å². The first-order chi connectivity index (χ1) is 12.7. The molecule has 1 spiro atoms. The highest BCUT2D eigenvalue weighted by atomic mass is 16.6. The zero-order valence-corrected chi connectivity index (χ0v) is 15.0. The Bertz CT molecular complexity index is 750. The molecule has 0 unspecified atom stereocenters. The number of aromatic nitrogens is 1. The number of hydrogen-bond acceptors (Lipinski definition) is 5. The van der Waals surface area contributed by atoms with Gasteiger partial charge in [-0.15, -0.1) is 0 Å². The van der Waals surface area contributed by atoms with Gasteiger partial charge in [0.2, 0.25) is 0 Å². The van der Waals surface area contributed by atoms with Gasteiger partial charge in [0.05, 0.1) is 36.7 Å². The van der Waals surface area contributed by atoms with Crippen LogP contribution < -0.4 is 0 Å². The Morgan fingerprint density at radius 2 is 2.08 bits per heavy atom. The summed E-state index contributed by atoms with van der Waals surface area (Å²) in [6.45, 7) is 4.45. The minimum atomic E-state index is -0.148. The second kappa shape index (κ2) is 7.21. The fourth-order valence-corrected chi connectivity index (χ4v) is 3.85. The van der Waals surface area contributed by atoms with Gasteiger partial charge in [0, 0.05) is 31.9 Å². The summed E-state index contributed by atoms with van der Waals surface area (Å²) >= 11 is 0. The number of aryl methyl sites for hydroxylation is 1. The first kappa shape index (κ1) is 17.2. The highest BCUT2D eigenvalue weighted by molar-refractivity contribution is 5.95. The van der Waals surface area contributed by atoms with Crippen molar-refractivity contribution in [1.29, 1.82) is 0 Å². The molecular formula is C20H24N2O4. The van der Waals surface area contributed by atoms with Crippen LogP contribution in [0.2, 0.25) is 0 Å². The van der Waals surface area contributed by atoms with Crippen LogP contribution >= 0.6 is 0 Å². The second-order valence-corrected chi connectivity index (χ2v) is 7.17. The molecule has 2 saturated heterocycles. The van der Waals surface area contributed by atoms with Gasteiger partial charge in [-0.2, -0.15) is 0 Å². The molecule has 138 valence electrons. The molecule has 4 heterocycles. The minimum absolute atomic E-state index is 0.0505. The number of amides is 1. The normalized spacial score (nSPS) is 22.0. The number of carbonyl (C=O) groups excluding carboxylic acids is 1. The second-order valence-electron chi connectivity index (χ2n) is 7.17. The van der Waals surface area contributed by atoms with E-state index < -0.39 is 0 Å². The van der Waals surface area contributed by atoms with E-state index in [0.717, 1.165) is 24.8 Å². The van der Waals surface area contributed by atoms with Crippen molar-refractivity contribution in [3.8, 4) is 0 Å². The molecule has 2 aromatic rings. The number of furan rings is 1. The van der Waals surface area contributed by atoms with E-state index in [1.165, 1.54) is 0 Å². The van der Waals surface area contributed by atoms with Crippen LogP contribution in [0, 0.1) is 6.92 Å². The zero-order chi connectivity index (χ0) is 18.0. The average Bonchev–Trinajstić information content (AvgIpc) is 3.27. The predicted octanol–water partition coefficient (Wildman–Crippen LogP) is 2.96. The van der Waals surface area contributed by atoms with E-state index >= 15 is 0 Å². The summed E-state index contributed by atoms with van der Waals surface area (Å²) in [4.78, 5) is 18.5. The van der Waals surface area contributed by atoms with Crippen molar-refractivity contribution < 1.29 is 18.7 Å². The van der Waals surface area contributed by atoms with Crippen molar-refractivity contribution in [2.24, 2.45) is 0 Å². The van der Waals surface area contributed by atoms with Gasteiger partial charge in [-0.3, -0.25) is 9.78 Å². The molecule has 2 aliphatic rings. The van der Waals surface area contributed by atoms with Crippen molar-refractivity contribution in [2.75, 3.05) is 19.7 Å². The maximum absolute atomic E-state index is 12.6. The maximum Gasteiger partial charge on any atom is 0.257 e. The van der Waals surface area contributed by atoms with Crippen molar-refractivity contribution in [3.63, 3.8) is 0 Å². The molecule has 0 N–H and O–H groups in total. The van der Waals surface area contributed by atoms with Crippen LogP contribution in [0.4, 0.5) is 0 Å². The number of piperidine rings is 1. The molecule has 4 rings (SSSR count). The number of rotatable bonds is 4. The minimum Gasteiger partial charge on any atom is -0.469 e. The summed E-state index contributed by atoms with van der Waals surface area (Å²) in [6, 6.07) is 5.68. The van der Waals surface area contributed by atoms with E-state index in [9.17, 15) is 4.79 Å². The fraction of sp³-hybridized carbons (Fsp3) is 0.500. The fourth-order valence-electron chi connectivity index (χ4n) is 3.85. The van der Waals surface area contributed by atoms with Gasteiger partial charge >= 0.3 is 0 Å². The molecule has 26 heavy (non-hydrogen) atoms. The van der Waals surface area contributed by atoms with Crippen molar-refractivity contribution in [1.82, 2.24) is 9.88 Å². The summed E-state index contributed by atoms with van der Waals surface area (Å²) in [7, 11) is 0. The number of nitrogens with zero attached hydrogens (tertiary/aromatic N) is 2. The summed E-state index contributed by atoms with van der Waals surface area (Å²) in [5.41, 5.74) is 1.63. The van der Waals surface area contributed by atoms with E-state index in [0.29, 0.717) is 37.6 Å². The number of pyridine rings is 1. The summed E-state index contributed by atoms with van der Waals surface area (Å²) in [5, 5.41) is 0. The third kappa shape index (κ3) is 3.52. The summed E-state index contributed by atoms with van der Waals surface area (Å²) < 4.78 is 17.4. The van der Waals surface area contributed by atoms with E-state index in [4.69, 9.17) is 13.9 Å². The van der Waals surface area contributed by atoms with Crippen molar-refractivity contribution in [3.05, 3.63) is 53.7 Å². The lowest BCUT2D eigenvalue weighted by Gasteiger charge is -2.38. The smallest absolute Gasteiger partial charge is 0.257 e. The van der Waals surface area contributed by atoms with E-state index in [1.807, 2.05) is 24.0 Å². The van der Waals surface area contributed by atoms with Crippen molar-refractivity contribution >= 4 is 5.91 Å². The Hall–Kier alpha value is -2.18. The molecule has 0 saturated carbocycles. The Labute approximate surface area is 153 Å². The van der Waals surface area contributed by atoms with E-state index in [1.54, 1.807) is 24.7 Å². The number of ether oxygens (including phenoxy) is 2. The number of carbonyl (C=O) groups is 1. The van der Waals surface area contributed by atoms with Gasteiger partial charge < -0.3 is 18.8 Å². The Morgan fingerprint density at radius 3 is 2.77 bits per heavy atom. The van der Waals surface area contributed by atoms with Crippen LogP contribution in [0.5, 0.6) is 0 Å². The Balaban J connectivity index is 1.29. The number of hydrogen-bond donors (Lipinski definition) is 0. The zero-order valence-electron chi connectivity index (χ0n) is 15.0. The van der Waals surface area contributed by atoms with Crippen LogP contribution in [0.3, 0.4) is 0 Å². The summed E-state index contributed by atoms with van der Waals surface area (Å²) in [6.07, 6.45) is 7.83. The molecule has 2 fully saturated rings. The van der Waals surface area contributed by atoms with E-state index in [-0.39, 0.29) is 17.6 Å². The van der Waals surface area contributed by atoms with Gasteiger partial charge in [0.25, 0.3) is 5.91 Å². The highest BCUT2D eigenvalue weighted by Gasteiger charge is 2.44. The Morgan fingerprint density at radius 1 is 1.31 bits per heavy atom. The first-order valence-corrected chi connectivity index (χ1v) is 9.13. The van der Waals surface area contributed by atoms with Crippen LogP contribution in [0.15, 0.2) is 41.3 Å². The molecule has 2 aliphatic heterocycles. The monoisotopic (exact) mass is 356 g/mol. The highest BCUT2D eigenvalue weighted by Crippen LogP contribution is 2.37. The van der Waals surface area contributed by atoms with Crippen LogP contribution in [0.25, 0.3) is 0 Å². The topological polar surface area (TPSA) is 64.8 Å². The third-order valence-electron chi connectivity index (χ3n) is 5.46. The molecule has 2 aromatic heterocycles. The molecule has 6 heteroatoms. The first-order valence-electron chi connectivity index (χ1n) is 9.13.